The van der Waals surface area contributed by atoms with E-state index in [1.165, 1.54) is 0 Å². The fraction of sp³-hybridized carbons (Fsp3) is 0.476. The van der Waals surface area contributed by atoms with E-state index in [4.69, 9.17) is 4.74 Å². The van der Waals surface area contributed by atoms with E-state index >= 15 is 0 Å². The van der Waals surface area contributed by atoms with Crippen molar-refractivity contribution in [3.05, 3.63) is 47.5 Å². The lowest BCUT2D eigenvalue weighted by Crippen LogP contribution is -2.29. The molecule has 0 saturated heterocycles. The molecule has 4 nitrogen and oxygen atoms in total. The van der Waals surface area contributed by atoms with Gasteiger partial charge in [0.05, 0.1) is 12.3 Å². The van der Waals surface area contributed by atoms with Crippen LogP contribution in [0, 0.1) is 0 Å². The molecule has 27 heavy (non-hydrogen) atoms. The van der Waals surface area contributed by atoms with Crippen molar-refractivity contribution in [3.8, 4) is 17.1 Å². The van der Waals surface area contributed by atoms with Gasteiger partial charge in [0.1, 0.15) is 6.67 Å². The molecule has 1 heterocycles. The third kappa shape index (κ3) is 5.59. The van der Waals surface area contributed by atoms with Gasteiger partial charge < -0.3 is 4.74 Å². The molecule has 0 aliphatic rings. The number of allylic oxidation sites excluding steroid dienone is 2. The van der Waals surface area contributed by atoms with Gasteiger partial charge in [-0.15, -0.1) is 0 Å². The van der Waals surface area contributed by atoms with Crippen LogP contribution in [0.2, 0.25) is 0 Å². The Morgan fingerprint density at radius 3 is 2.78 bits per heavy atom. The Morgan fingerprint density at radius 1 is 1.37 bits per heavy atom. The van der Waals surface area contributed by atoms with Crippen LogP contribution in [0.4, 0.5) is 4.39 Å². The first-order chi connectivity index (χ1) is 12.9. The Bertz CT molecular complexity index is 771. The summed E-state index contributed by atoms with van der Waals surface area (Å²) in [5, 5.41) is 4.67. The first-order valence-corrected chi connectivity index (χ1v) is 9.82. The van der Waals surface area contributed by atoms with E-state index in [0.717, 1.165) is 41.2 Å². The number of nitrogens with zero attached hydrogens (tertiary/aromatic N) is 2. The molecule has 0 fully saturated rings. The van der Waals surface area contributed by atoms with Crippen LogP contribution in [0.3, 0.4) is 0 Å². The molecule has 2 aromatic rings. The zero-order valence-corrected chi connectivity index (χ0v) is 17.5. The van der Waals surface area contributed by atoms with E-state index in [2.05, 4.69) is 48.6 Å². The summed E-state index contributed by atoms with van der Waals surface area (Å²) in [7, 11) is 0. The van der Waals surface area contributed by atoms with E-state index in [0.29, 0.717) is 13.0 Å². The minimum atomic E-state index is -0.388. The average molecular weight is 392 g/mol. The van der Waals surface area contributed by atoms with Crippen molar-refractivity contribution in [2.75, 3.05) is 13.3 Å². The lowest BCUT2D eigenvalue weighted by Gasteiger charge is -2.24. The summed E-state index contributed by atoms with van der Waals surface area (Å²) < 4.78 is 23.5. The largest absolute Gasteiger partial charge is 0.478 e. The predicted octanol–water partition coefficient (Wildman–Crippen LogP) is 5.31. The summed E-state index contributed by atoms with van der Waals surface area (Å²) in [4.78, 5) is 0. The summed E-state index contributed by atoms with van der Waals surface area (Å²) in [6, 6.07) is 10.2. The van der Waals surface area contributed by atoms with Crippen LogP contribution < -0.4 is 9.46 Å². The summed E-state index contributed by atoms with van der Waals surface area (Å²) in [5.74, 6) is 0.742. The third-order valence-corrected chi connectivity index (χ3v) is 5.23. The number of alkyl halides is 1. The fourth-order valence-electron chi connectivity index (χ4n) is 2.78. The monoisotopic (exact) mass is 391 g/mol. The SMILES string of the molecule is C/C=C(/CF)CCCOc1cc(-c2cccc(C(C)(C)NS)c2)nn1CC. The predicted molar refractivity (Wildman–Crippen MR) is 113 cm³/mol. The highest BCUT2D eigenvalue weighted by Crippen LogP contribution is 2.28. The lowest BCUT2D eigenvalue weighted by molar-refractivity contribution is 0.279. The first kappa shape index (κ1) is 21.5. The molecule has 0 radical (unpaired) electrons. The van der Waals surface area contributed by atoms with E-state index in [1.807, 2.05) is 42.8 Å². The van der Waals surface area contributed by atoms with Crippen LogP contribution >= 0.6 is 12.8 Å². The average Bonchev–Trinajstić information content (AvgIpc) is 3.11. The molecule has 1 N–H and O–H groups in total. The molecule has 2 rings (SSSR count). The zero-order chi connectivity index (χ0) is 19.9. The minimum Gasteiger partial charge on any atom is -0.478 e. The van der Waals surface area contributed by atoms with Gasteiger partial charge in [-0.25, -0.2) is 9.07 Å². The number of ether oxygens (including phenoxy) is 1. The maximum Gasteiger partial charge on any atom is 0.212 e. The molecule has 0 aliphatic carbocycles. The molecule has 0 bridgehead atoms. The number of hydrogen-bond donors (Lipinski definition) is 2. The van der Waals surface area contributed by atoms with E-state index in [1.54, 1.807) is 0 Å². The second kappa shape index (κ2) is 9.95. The maximum absolute atomic E-state index is 12.7. The van der Waals surface area contributed by atoms with Crippen molar-refractivity contribution in [2.45, 2.75) is 52.6 Å². The van der Waals surface area contributed by atoms with Crippen molar-refractivity contribution < 1.29 is 9.13 Å². The Hall–Kier alpha value is -1.79. The normalized spacial score (nSPS) is 12.4. The molecule has 0 spiro atoms. The quantitative estimate of drug-likeness (QED) is 0.327. The van der Waals surface area contributed by atoms with Crippen LogP contribution in [-0.4, -0.2) is 23.1 Å². The zero-order valence-electron chi connectivity index (χ0n) is 16.6. The van der Waals surface area contributed by atoms with Gasteiger partial charge in [0.15, 0.2) is 0 Å². The van der Waals surface area contributed by atoms with Crippen LogP contribution in [0.15, 0.2) is 42.0 Å². The summed E-state index contributed by atoms with van der Waals surface area (Å²) in [5.41, 5.74) is 3.62. The highest BCUT2D eigenvalue weighted by Gasteiger charge is 2.19. The van der Waals surface area contributed by atoms with Crippen LogP contribution in [0.1, 0.15) is 46.1 Å². The van der Waals surface area contributed by atoms with Gasteiger partial charge in [-0.05, 0) is 57.7 Å². The number of halogens is 1. The van der Waals surface area contributed by atoms with Gasteiger partial charge in [0.25, 0.3) is 0 Å². The number of hydrogen-bond acceptors (Lipinski definition) is 4. The molecular formula is C21H30FN3OS. The van der Waals surface area contributed by atoms with Gasteiger partial charge in [0, 0.05) is 23.7 Å². The highest BCUT2D eigenvalue weighted by atomic mass is 32.1. The highest BCUT2D eigenvalue weighted by molar-refractivity contribution is 7.78. The molecule has 0 aliphatic heterocycles. The molecule has 1 aromatic heterocycles. The molecule has 0 saturated carbocycles. The van der Waals surface area contributed by atoms with Crippen LogP contribution in [-0.2, 0) is 12.1 Å². The van der Waals surface area contributed by atoms with E-state index < -0.39 is 0 Å². The standard InChI is InChI=1S/C21H30FN3OS/c1-5-16(15-22)9-8-12-26-20-14-19(23-25(20)6-2)17-10-7-11-18(13-17)21(3,4)24-27/h5,7,10-11,13-14,24,27H,6,8-9,12,15H2,1-4H3/b16-5+. The smallest absolute Gasteiger partial charge is 0.212 e. The maximum atomic E-state index is 12.7. The van der Waals surface area contributed by atoms with Crippen LogP contribution in [0.25, 0.3) is 11.3 Å². The number of aryl methyl sites for hydroxylation is 1. The van der Waals surface area contributed by atoms with Crippen molar-refractivity contribution in [3.63, 3.8) is 0 Å². The number of rotatable bonds is 10. The van der Waals surface area contributed by atoms with Crippen molar-refractivity contribution in [1.82, 2.24) is 14.5 Å². The Morgan fingerprint density at radius 2 is 2.15 bits per heavy atom. The number of aromatic nitrogens is 2. The molecule has 1 aromatic carbocycles. The minimum absolute atomic E-state index is 0.243. The van der Waals surface area contributed by atoms with E-state index in [-0.39, 0.29) is 12.2 Å². The second-order valence-electron chi connectivity index (χ2n) is 7.03. The summed E-state index contributed by atoms with van der Waals surface area (Å²) in [6.07, 6.45) is 3.33. The molecular weight excluding hydrogens is 361 g/mol. The second-order valence-corrected chi connectivity index (χ2v) is 7.26. The van der Waals surface area contributed by atoms with Crippen molar-refractivity contribution in [1.29, 1.82) is 0 Å². The molecule has 148 valence electrons. The molecule has 0 unspecified atom stereocenters. The van der Waals surface area contributed by atoms with Crippen molar-refractivity contribution in [2.24, 2.45) is 0 Å². The van der Waals surface area contributed by atoms with Crippen molar-refractivity contribution >= 4 is 12.8 Å². The van der Waals surface area contributed by atoms with Gasteiger partial charge in [-0.1, -0.05) is 37.1 Å². The number of benzene rings is 1. The third-order valence-electron chi connectivity index (χ3n) is 4.67. The molecule has 0 atom stereocenters. The first-order valence-electron chi connectivity index (χ1n) is 9.38. The Balaban J connectivity index is 2.13. The molecule has 6 heteroatoms. The fourth-order valence-corrected chi connectivity index (χ4v) is 2.91. The van der Waals surface area contributed by atoms with E-state index in [9.17, 15) is 4.39 Å². The van der Waals surface area contributed by atoms with Gasteiger partial charge in [-0.3, -0.25) is 4.72 Å². The molecule has 0 amide bonds. The lowest BCUT2D eigenvalue weighted by atomic mass is 9.93. The van der Waals surface area contributed by atoms with Crippen LogP contribution in [0.5, 0.6) is 5.88 Å². The van der Waals surface area contributed by atoms with Gasteiger partial charge in [0.2, 0.25) is 5.88 Å². The summed E-state index contributed by atoms with van der Waals surface area (Å²) in [6.45, 7) is 8.94. The Kier molecular flexibility index (Phi) is 7.92. The topological polar surface area (TPSA) is 39.1 Å². The number of thiol groups is 1. The Labute approximate surface area is 167 Å². The van der Waals surface area contributed by atoms with Gasteiger partial charge in [-0.2, -0.15) is 5.10 Å². The summed E-state index contributed by atoms with van der Waals surface area (Å²) >= 11 is 4.23. The van der Waals surface area contributed by atoms with Gasteiger partial charge >= 0.3 is 0 Å². The number of nitrogens with one attached hydrogen (secondary N) is 1.